The average Bonchev–Trinajstić information content (AvgIpc) is 3.32. The lowest BCUT2D eigenvalue weighted by molar-refractivity contribution is 0.1000. The minimum Gasteiger partial charge on any atom is -0.366 e. The molecular formula is C20H20N4O2. The molecule has 26 heavy (non-hydrogen) atoms. The van der Waals surface area contributed by atoms with E-state index in [9.17, 15) is 4.79 Å². The number of rotatable bonds is 5. The van der Waals surface area contributed by atoms with Crippen LogP contribution in [0.15, 0.2) is 59.1 Å². The van der Waals surface area contributed by atoms with Crippen molar-refractivity contribution in [1.29, 1.82) is 0 Å². The highest BCUT2D eigenvalue weighted by Crippen LogP contribution is 2.26. The Balaban J connectivity index is 1.42. The van der Waals surface area contributed by atoms with Crippen LogP contribution in [0.5, 0.6) is 0 Å². The number of nitrogens with two attached hydrogens (primary N) is 1. The second-order valence-corrected chi connectivity index (χ2v) is 6.64. The summed E-state index contributed by atoms with van der Waals surface area (Å²) < 4.78 is 5.40. The SMILES string of the molecule is NC(=O)c1cccc(CC2CCN(c3noc(-c4ccccc4)n3)C2)c1. The summed E-state index contributed by atoms with van der Waals surface area (Å²) in [5.41, 5.74) is 7.98. The van der Waals surface area contributed by atoms with Gasteiger partial charge in [0.1, 0.15) is 0 Å². The molecule has 0 spiro atoms. The fourth-order valence-corrected chi connectivity index (χ4v) is 3.41. The van der Waals surface area contributed by atoms with Gasteiger partial charge in [-0.3, -0.25) is 4.79 Å². The fraction of sp³-hybridized carbons (Fsp3) is 0.250. The molecule has 3 aromatic rings. The number of carbonyl (C=O) groups excluding carboxylic acids is 1. The van der Waals surface area contributed by atoms with Crippen LogP contribution < -0.4 is 10.6 Å². The summed E-state index contributed by atoms with van der Waals surface area (Å²) in [4.78, 5) is 18.0. The van der Waals surface area contributed by atoms with E-state index in [-0.39, 0.29) is 5.91 Å². The maximum Gasteiger partial charge on any atom is 0.266 e. The second-order valence-electron chi connectivity index (χ2n) is 6.64. The smallest absolute Gasteiger partial charge is 0.266 e. The first-order chi connectivity index (χ1) is 12.7. The van der Waals surface area contributed by atoms with Gasteiger partial charge in [-0.2, -0.15) is 4.98 Å². The predicted molar refractivity (Wildman–Crippen MR) is 98.7 cm³/mol. The van der Waals surface area contributed by atoms with Crippen LogP contribution in [0.4, 0.5) is 5.95 Å². The zero-order valence-electron chi connectivity index (χ0n) is 14.3. The van der Waals surface area contributed by atoms with Gasteiger partial charge in [-0.1, -0.05) is 30.3 Å². The lowest BCUT2D eigenvalue weighted by Gasteiger charge is -2.13. The van der Waals surface area contributed by atoms with E-state index < -0.39 is 0 Å². The minimum atomic E-state index is -0.389. The third kappa shape index (κ3) is 3.44. The number of benzene rings is 2. The lowest BCUT2D eigenvalue weighted by atomic mass is 9.97. The van der Waals surface area contributed by atoms with Crippen molar-refractivity contribution >= 4 is 11.9 Å². The molecule has 1 unspecified atom stereocenters. The van der Waals surface area contributed by atoms with E-state index in [2.05, 4.69) is 15.0 Å². The quantitative estimate of drug-likeness (QED) is 0.766. The molecule has 1 aromatic heterocycles. The van der Waals surface area contributed by atoms with Gasteiger partial charge in [0.2, 0.25) is 5.91 Å². The predicted octanol–water partition coefficient (Wildman–Crippen LogP) is 2.90. The van der Waals surface area contributed by atoms with Gasteiger partial charge in [-0.25, -0.2) is 0 Å². The monoisotopic (exact) mass is 348 g/mol. The Bertz CT molecular complexity index is 907. The van der Waals surface area contributed by atoms with Gasteiger partial charge in [0.25, 0.3) is 11.8 Å². The van der Waals surface area contributed by atoms with Crippen LogP contribution in [0.25, 0.3) is 11.5 Å². The highest BCUT2D eigenvalue weighted by molar-refractivity contribution is 5.92. The number of hydrogen-bond donors (Lipinski definition) is 1. The fourth-order valence-electron chi connectivity index (χ4n) is 3.41. The van der Waals surface area contributed by atoms with Crippen LogP contribution in [-0.4, -0.2) is 29.1 Å². The average molecular weight is 348 g/mol. The van der Waals surface area contributed by atoms with Crippen molar-refractivity contribution < 1.29 is 9.32 Å². The van der Waals surface area contributed by atoms with Crippen molar-refractivity contribution in [1.82, 2.24) is 10.1 Å². The Morgan fingerprint density at radius 3 is 2.85 bits per heavy atom. The lowest BCUT2D eigenvalue weighted by Crippen LogP contribution is -2.21. The minimum absolute atomic E-state index is 0.389. The maximum absolute atomic E-state index is 11.3. The molecule has 6 heteroatoms. The number of anilines is 1. The number of aromatic nitrogens is 2. The molecule has 1 amide bonds. The Morgan fingerprint density at radius 2 is 2.04 bits per heavy atom. The van der Waals surface area contributed by atoms with E-state index in [1.165, 1.54) is 0 Å². The number of nitrogens with zero attached hydrogens (tertiary/aromatic N) is 3. The zero-order chi connectivity index (χ0) is 17.9. The molecule has 1 atom stereocenters. The van der Waals surface area contributed by atoms with Crippen molar-refractivity contribution in [2.45, 2.75) is 12.8 Å². The first-order valence-electron chi connectivity index (χ1n) is 8.72. The molecule has 1 saturated heterocycles. The molecule has 1 aliphatic rings. The topological polar surface area (TPSA) is 85.3 Å². The molecule has 0 bridgehead atoms. The molecule has 4 rings (SSSR count). The summed E-state index contributed by atoms with van der Waals surface area (Å²) in [6.45, 7) is 1.77. The van der Waals surface area contributed by atoms with E-state index in [4.69, 9.17) is 10.3 Å². The number of amides is 1. The van der Waals surface area contributed by atoms with Gasteiger partial charge in [0, 0.05) is 24.2 Å². The van der Waals surface area contributed by atoms with E-state index in [1.807, 2.05) is 48.5 Å². The summed E-state index contributed by atoms with van der Waals surface area (Å²) in [5, 5.41) is 4.13. The van der Waals surface area contributed by atoms with Crippen LogP contribution in [0, 0.1) is 5.92 Å². The highest BCUT2D eigenvalue weighted by atomic mass is 16.5. The number of hydrogen-bond acceptors (Lipinski definition) is 5. The molecule has 2 heterocycles. The molecule has 2 aromatic carbocycles. The zero-order valence-corrected chi connectivity index (χ0v) is 14.3. The molecule has 1 aliphatic heterocycles. The first kappa shape index (κ1) is 16.3. The Morgan fingerprint density at radius 1 is 1.19 bits per heavy atom. The molecule has 0 aliphatic carbocycles. The summed E-state index contributed by atoms with van der Waals surface area (Å²) in [7, 11) is 0. The van der Waals surface area contributed by atoms with Crippen molar-refractivity contribution in [3.05, 3.63) is 65.7 Å². The first-order valence-corrected chi connectivity index (χ1v) is 8.72. The third-order valence-corrected chi connectivity index (χ3v) is 4.74. The molecule has 0 saturated carbocycles. The number of carbonyl (C=O) groups is 1. The van der Waals surface area contributed by atoms with Gasteiger partial charge in [-0.05, 0) is 53.7 Å². The third-order valence-electron chi connectivity index (χ3n) is 4.74. The molecule has 0 radical (unpaired) electrons. The van der Waals surface area contributed by atoms with Crippen molar-refractivity contribution in [3.8, 4) is 11.5 Å². The molecule has 1 fully saturated rings. The highest BCUT2D eigenvalue weighted by Gasteiger charge is 2.26. The van der Waals surface area contributed by atoms with Gasteiger partial charge in [0.15, 0.2) is 0 Å². The Kier molecular flexibility index (Phi) is 4.39. The van der Waals surface area contributed by atoms with E-state index in [1.54, 1.807) is 6.07 Å². The largest absolute Gasteiger partial charge is 0.366 e. The summed E-state index contributed by atoms with van der Waals surface area (Å²) >= 11 is 0. The molecular weight excluding hydrogens is 328 g/mol. The van der Waals surface area contributed by atoms with Crippen molar-refractivity contribution in [2.24, 2.45) is 11.7 Å². The van der Waals surface area contributed by atoms with Gasteiger partial charge in [0.05, 0.1) is 0 Å². The van der Waals surface area contributed by atoms with Gasteiger partial charge in [-0.15, -0.1) is 0 Å². The van der Waals surface area contributed by atoms with E-state index in [0.717, 1.165) is 37.1 Å². The Labute approximate surface area is 151 Å². The molecule has 132 valence electrons. The number of primary amides is 1. The molecule has 6 nitrogen and oxygen atoms in total. The van der Waals surface area contributed by atoms with E-state index in [0.29, 0.717) is 23.3 Å². The van der Waals surface area contributed by atoms with E-state index >= 15 is 0 Å². The standard InChI is InChI=1S/C20H20N4O2/c21-18(25)17-8-4-5-14(12-17)11-15-9-10-24(13-15)20-22-19(26-23-20)16-6-2-1-3-7-16/h1-8,12,15H,9-11,13H2,(H2,21,25). The van der Waals surface area contributed by atoms with Crippen molar-refractivity contribution in [2.75, 3.05) is 18.0 Å². The normalized spacial score (nSPS) is 16.8. The Hall–Kier alpha value is -3.15. The maximum atomic E-state index is 11.3. The van der Waals surface area contributed by atoms with Crippen LogP contribution in [-0.2, 0) is 6.42 Å². The molecule has 2 N–H and O–H groups in total. The van der Waals surface area contributed by atoms with Crippen LogP contribution >= 0.6 is 0 Å². The van der Waals surface area contributed by atoms with Crippen LogP contribution in [0.2, 0.25) is 0 Å². The van der Waals surface area contributed by atoms with Gasteiger partial charge < -0.3 is 15.2 Å². The second kappa shape index (κ2) is 7.00. The summed E-state index contributed by atoms with van der Waals surface area (Å²) in [6.07, 6.45) is 1.96. The van der Waals surface area contributed by atoms with Crippen LogP contribution in [0.1, 0.15) is 22.3 Å². The van der Waals surface area contributed by atoms with Crippen LogP contribution in [0.3, 0.4) is 0 Å². The van der Waals surface area contributed by atoms with Crippen molar-refractivity contribution in [3.63, 3.8) is 0 Å². The summed E-state index contributed by atoms with van der Waals surface area (Å²) in [6, 6.07) is 17.3. The summed E-state index contributed by atoms with van der Waals surface area (Å²) in [5.74, 6) is 1.27. The van der Waals surface area contributed by atoms with Gasteiger partial charge >= 0.3 is 0 Å².